The molecule has 1 aromatic rings. The van der Waals surface area contributed by atoms with Gasteiger partial charge in [0.05, 0.1) is 17.5 Å². The number of methoxy groups -OCH3 is 1. The summed E-state index contributed by atoms with van der Waals surface area (Å²) in [5.41, 5.74) is 1.30. The van der Waals surface area contributed by atoms with Gasteiger partial charge in [-0.2, -0.15) is 9.40 Å². The summed E-state index contributed by atoms with van der Waals surface area (Å²) in [7, 11) is -0.0949. The molecule has 0 aliphatic heterocycles. The van der Waals surface area contributed by atoms with Crippen molar-refractivity contribution in [1.29, 1.82) is 0 Å². The number of hydrogen-bond donors (Lipinski definition) is 0. The van der Waals surface area contributed by atoms with Gasteiger partial charge in [0, 0.05) is 26.7 Å². The van der Waals surface area contributed by atoms with Crippen LogP contribution in [0.5, 0.6) is 0 Å². The molecule has 0 N–H and O–H groups in total. The molecule has 0 unspecified atom stereocenters. The molecule has 0 radical (unpaired) electrons. The molecule has 126 valence electrons. The van der Waals surface area contributed by atoms with Crippen LogP contribution in [0.3, 0.4) is 0 Å². The fourth-order valence-corrected chi connectivity index (χ4v) is 5.13. The Hall–Kier alpha value is -0.920. The second kappa shape index (κ2) is 6.68. The van der Waals surface area contributed by atoms with Crippen molar-refractivity contribution in [2.24, 2.45) is 0 Å². The molecule has 0 saturated heterocycles. The van der Waals surface area contributed by atoms with E-state index in [9.17, 15) is 8.42 Å². The van der Waals surface area contributed by atoms with Gasteiger partial charge in [0.2, 0.25) is 10.0 Å². The Morgan fingerprint density at radius 2 is 1.86 bits per heavy atom. The van der Waals surface area contributed by atoms with Crippen LogP contribution in [0, 0.1) is 13.8 Å². The highest BCUT2D eigenvalue weighted by atomic mass is 32.2. The molecule has 0 aromatic carbocycles. The minimum absolute atomic E-state index is 0.0418. The normalized spacial score (nSPS) is 23.2. The molecule has 0 spiro atoms. The summed E-state index contributed by atoms with van der Waals surface area (Å²) in [5, 5.41) is 4.34. The fourth-order valence-electron chi connectivity index (χ4n) is 3.35. The molecule has 2 rings (SSSR count). The average molecular weight is 329 g/mol. The van der Waals surface area contributed by atoms with Gasteiger partial charge in [0.15, 0.2) is 0 Å². The minimum atomic E-state index is -3.50. The summed E-state index contributed by atoms with van der Waals surface area (Å²) in [6.45, 7) is 6.23. The smallest absolute Gasteiger partial charge is 0.246 e. The number of ether oxygens (including phenoxy) is 1. The van der Waals surface area contributed by atoms with Crippen LogP contribution in [0.2, 0.25) is 0 Å². The van der Waals surface area contributed by atoms with Crippen molar-refractivity contribution < 1.29 is 13.2 Å². The van der Waals surface area contributed by atoms with Gasteiger partial charge in [-0.1, -0.05) is 0 Å². The van der Waals surface area contributed by atoms with E-state index in [4.69, 9.17) is 4.74 Å². The van der Waals surface area contributed by atoms with Crippen molar-refractivity contribution in [1.82, 2.24) is 14.1 Å². The highest BCUT2D eigenvalue weighted by molar-refractivity contribution is 7.89. The Balaban J connectivity index is 2.25. The average Bonchev–Trinajstić information content (AvgIpc) is 2.81. The highest BCUT2D eigenvalue weighted by Gasteiger charge is 2.34. The van der Waals surface area contributed by atoms with Crippen molar-refractivity contribution in [3.8, 4) is 0 Å². The topological polar surface area (TPSA) is 64.4 Å². The Labute approximate surface area is 133 Å². The van der Waals surface area contributed by atoms with Crippen molar-refractivity contribution in [3.05, 3.63) is 11.4 Å². The van der Waals surface area contributed by atoms with Gasteiger partial charge in [-0.05, 0) is 46.5 Å². The third-order valence-electron chi connectivity index (χ3n) is 4.74. The molecular formula is C15H27N3O3S. The van der Waals surface area contributed by atoms with Crippen LogP contribution in [0.25, 0.3) is 0 Å². The van der Waals surface area contributed by atoms with Crippen LogP contribution in [-0.2, 0) is 21.3 Å². The van der Waals surface area contributed by atoms with E-state index in [0.717, 1.165) is 31.4 Å². The van der Waals surface area contributed by atoms with Crippen molar-refractivity contribution >= 4 is 10.0 Å². The molecule has 1 saturated carbocycles. The first-order valence-corrected chi connectivity index (χ1v) is 9.31. The molecule has 1 heterocycles. The number of sulfonamides is 1. The fraction of sp³-hybridized carbons (Fsp3) is 0.800. The number of hydrogen-bond acceptors (Lipinski definition) is 4. The van der Waals surface area contributed by atoms with Crippen LogP contribution in [-0.4, -0.2) is 48.8 Å². The number of aromatic nitrogens is 2. The lowest BCUT2D eigenvalue weighted by atomic mass is 9.93. The molecule has 1 aliphatic carbocycles. The predicted octanol–water partition coefficient (Wildman–Crippen LogP) is 2.10. The lowest BCUT2D eigenvalue weighted by Gasteiger charge is -2.33. The van der Waals surface area contributed by atoms with Crippen LogP contribution < -0.4 is 0 Å². The van der Waals surface area contributed by atoms with E-state index >= 15 is 0 Å². The third kappa shape index (κ3) is 3.07. The summed E-state index contributed by atoms with van der Waals surface area (Å²) < 4.78 is 34.6. The van der Waals surface area contributed by atoms with E-state index in [-0.39, 0.29) is 12.1 Å². The summed E-state index contributed by atoms with van der Waals surface area (Å²) in [4.78, 5) is 0.366. The molecule has 7 heteroatoms. The summed E-state index contributed by atoms with van der Waals surface area (Å²) in [6, 6.07) is 0.0418. The zero-order chi connectivity index (χ0) is 16.5. The number of rotatable bonds is 5. The maximum Gasteiger partial charge on any atom is 0.246 e. The lowest BCUT2D eigenvalue weighted by molar-refractivity contribution is 0.0553. The Kier molecular flexibility index (Phi) is 5.29. The van der Waals surface area contributed by atoms with Gasteiger partial charge < -0.3 is 4.74 Å². The summed E-state index contributed by atoms with van der Waals surface area (Å²) in [6.07, 6.45) is 3.77. The molecule has 1 aromatic heterocycles. The van der Waals surface area contributed by atoms with Crippen LogP contribution >= 0.6 is 0 Å². The third-order valence-corrected chi connectivity index (χ3v) is 6.91. The maximum absolute atomic E-state index is 13.0. The van der Waals surface area contributed by atoms with E-state index in [1.54, 1.807) is 25.8 Å². The molecule has 1 fully saturated rings. The van der Waals surface area contributed by atoms with E-state index in [2.05, 4.69) is 5.10 Å². The Bertz CT molecular complexity index is 616. The molecule has 6 nitrogen and oxygen atoms in total. The van der Waals surface area contributed by atoms with Crippen LogP contribution in [0.15, 0.2) is 4.90 Å². The Morgan fingerprint density at radius 3 is 2.32 bits per heavy atom. The Morgan fingerprint density at radius 1 is 1.27 bits per heavy atom. The van der Waals surface area contributed by atoms with Gasteiger partial charge in [-0.15, -0.1) is 0 Å². The molecule has 0 atom stereocenters. The first-order valence-electron chi connectivity index (χ1n) is 7.87. The second-order valence-corrected chi connectivity index (χ2v) is 7.94. The molecule has 0 amide bonds. The van der Waals surface area contributed by atoms with Gasteiger partial charge >= 0.3 is 0 Å². The molecule has 0 bridgehead atoms. The quantitative estimate of drug-likeness (QED) is 0.830. The molecule has 22 heavy (non-hydrogen) atoms. The van der Waals surface area contributed by atoms with E-state index in [1.807, 2.05) is 13.8 Å². The second-order valence-electron chi connectivity index (χ2n) is 6.00. The SMILES string of the molecule is CCn1nc(C)c(S(=O)(=O)N(C)C2CCC(OC)CC2)c1C. The van der Waals surface area contributed by atoms with Gasteiger partial charge in [0.25, 0.3) is 0 Å². The zero-order valence-corrected chi connectivity index (χ0v) is 15.0. The lowest BCUT2D eigenvalue weighted by Crippen LogP contribution is -2.40. The largest absolute Gasteiger partial charge is 0.381 e. The van der Waals surface area contributed by atoms with E-state index in [1.165, 1.54) is 4.31 Å². The van der Waals surface area contributed by atoms with Crippen LogP contribution in [0.1, 0.15) is 44.0 Å². The standard InChI is InChI=1S/C15H27N3O3S/c1-6-18-12(3)15(11(2)16-18)22(19,20)17(4)13-7-9-14(21-5)10-8-13/h13-14H,6-10H2,1-5H3. The monoisotopic (exact) mass is 329 g/mol. The van der Waals surface area contributed by atoms with E-state index < -0.39 is 10.0 Å². The van der Waals surface area contributed by atoms with Crippen LogP contribution in [0.4, 0.5) is 0 Å². The highest BCUT2D eigenvalue weighted by Crippen LogP contribution is 2.30. The minimum Gasteiger partial charge on any atom is -0.381 e. The summed E-state index contributed by atoms with van der Waals surface area (Å²) >= 11 is 0. The maximum atomic E-state index is 13.0. The number of nitrogens with zero attached hydrogens (tertiary/aromatic N) is 3. The van der Waals surface area contributed by atoms with E-state index in [0.29, 0.717) is 17.1 Å². The van der Waals surface area contributed by atoms with Crippen molar-refractivity contribution in [2.45, 2.75) is 70.0 Å². The first kappa shape index (κ1) is 17.4. The molecular weight excluding hydrogens is 302 g/mol. The summed E-state index contributed by atoms with van der Waals surface area (Å²) in [5.74, 6) is 0. The zero-order valence-electron chi connectivity index (χ0n) is 14.2. The predicted molar refractivity (Wildman–Crippen MR) is 85.4 cm³/mol. The van der Waals surface area contributed by atoms with Gasteiger partial charge in [0.1, 0.15) is 4.90 Å². The van der Waals surface area contributed by atoms with Crippen molar-refractivity contribution in [3.63, 3.8) is 0 Å². The van der Waals surface area contributed by atoms with Gasteiger partial charge in [-0.25, -0.2) is 8.42 Å². The molecule has 1 aliphatic rings. The first-order chi connectivity index (χ1) is 10.3. The van der Waals surface area contributed by atoms with Gasteiger partial charge in [-0.3, -0.25) is 4.68 Å². The number of aryl methyl sites for hydroxylation is 2. The van der Waals surface area contributed by atoms with Crippen molar-refractivity contribution in [2.75, 3.05) is 14.2 Å².